The number of benzene rings is 2. The molecule has 2 aromatic rings. The molecule has 0 aliphatic carbocycles. The van der Waals surface area contributed by atoms with E-state index in [0.29, 0.717) is 16.1 Å². The number of hydrogen-bond donors (Lipinski definition) is 0. The van der Waals surface area contributed by atoms with Gasteiger partial charge in [-0.05, 0) is 61.4 Å². The van der Waals surface area contributed by atoms with Crippen molar-refractivity contribution in [2.45, 2.75) is 13.8 Å². The van der Waals surface area contributed by atoms with Crippen LogP contribution >= 0.6 is 11.6 Å². The van der Waals surface area contributed by atoms with Crippen molar-refractivity contribution in [2.24, 2.45) is 0 Å². The molecule has 0 unspecified atom stereocenters. The predicted octanol–water partition coefficient (Wildman–Crippen LogP) is 4.20. The third-order valence-electron chi connectivity index (χ3n) is 3.10. The molecule has 2 aromatic carbocycles. The fourth-order valence-corrected chi connectivity index (χ4v) is 2.14. The molecule has 0 aliphatic rings. The van der Waals surface area contributed by atoms with Crippen LogP contribution in [0.1, 0.15) is 27.0 Å². The molecule has 0 aliphatic heterocycles. The van der Waals surface area contributed by atoms with Crippen LogP contribution in [0.25, 0.3) is 0 Å². The van der Waals surface area contributed by atoms with Crippen LogP contribution in [-0.4, -0.2) is 12.9 Å². The lowest BCUT2D eigenvalue weighted by atomic mass is 9.97. The molecule has 0 radical (unpaired) electrons. The molecule has 0 saturated carbocycles. The van der Waals surface area contributed by atoms with Gasteiger partial charge >= 0.3 is 0 Å². The Balaban J connectivity index is 2.40. The van der Waals surface area contributed by atoms with Gasteiger partial charge in [-0.1, -0.05) is 11.6 Å². The highest BCUT2D eigenvalue weighted by atomic mass is 35.5. The molecule has 0 heterocycles. The van der Waals surface area contributed by atoms with E-state index in [1.807, 2.05) is 26.0 Å². The van der Waals surface area contributed by atoms with E-state index in [0.717, 1.165) is 16.9 Å². The summed E-state index contributed by atoms with van der Waals surface area (Å²) in [6.07, 6.45) is 0. The van der Waals surface area contributed by atoms with E-state index in [1.165, 1.54) is 0 Å². The molecular weight excluding hydrogens is 260 g/mol. The fourth-order valence-electron chi connectivity index (χ4n) is 1.92. The van der Waals surface area contributed by atoms with Crippen molar-refractivity contribution in [1.29, 1.82) is 0 Å². The molecule has 0 spiro atoms. The first-order chi connectivity index (χ1) is 9.02. The lowest BCUT2D eigenvalue weighted by Gasteiger charge is -2.08. The van der Waals surface area contributed by atoms with Gasteiger partial charge in [-0.2, -0.15) is 0 Å². The number of carbonyl (C=O) groups is 1. The summed E-state index contributed by atoms with van der Waals surface area (Å²) >= 11 is 6.05. The van der Waals surface area contributed by atoms with Crippen molar-refractivity contribution >= 4 is 17.4 Å². The molecule has 98 valence electrons. The Morgan fingerprint density at radius 3 is 2.26 bits per heavy atom. The first-order valence-electron chi connectivity index (χ1n) is 5.98. The minimum absolute atomic E-state index is 0.0000743. The van der Waals surface area contributed by atoms with Gasteiger partial charge in [0.2, 0.25) is 0 Å². The van der Waals surface area contributed by atoms with E-state index in [2.05, 4.69) is 0 Å². The number of halogens is 1. The molecule has 0 aromatic heterocycles. The first-order valence-corrected chi connectivity index (χ1v) is 6.36. The summed E-state index contributed by atoms with van der Waals surface area (Å²) < 4.78 is 5.08. The number of methoxy groups -OCH3 is 1. The SMILES string of the molecule is COc1ccc(C(=O)c2cc(C)c(Cl)cc2C)cc1. The second-order valence-electron chi connectivity index (χ2n) is 4.47. The third kappa shape index (κ3) is 2.79. The zero-order chi connectivity index (χ0) is 14.0. The van der Waals surface area contributed by atoms with Gasteiger partial charge in [-0.3, -0.25) is 4.79 Å². The smallest absolute Gasteiger partial charge is 0.193 e. The quantitative estimate of drug-likeness (QED) is 0.784. The number of ether oxygens (including phenoxy) is 1. The monoisotopic (exact) mass is 274 g/mol. The molecule has 0 amide bonds. The second kappa shape index (κ2) is 5.45. The standard InChI is InChI=1S/C16H15ClO2/c1-10-9-15(17)11(2)8-14(10)16(18)12-4-6-13(19-3)7-5-12/h4-9H,1-3H3. The van der Waals surface area contributed by atoms with Crippen LogP contribution in [0.5, 0.6) is 5.75 Å². The molecule has 0 bridgehead atoms. The normalized spacial score (nSPS) is 10.3. The average molecular weight is 275 g/mol. The van der Waals surface area contributed by atoms with E-state index in [-0.39, 0.29) is 5.78 Å². The molecule has 0 N–H and O–H groups in total. The summed E-state index contributed by atoms with van der Waals surface area (Å²) in [6.45, 7) is 3.79. The van der Waals surface area contributed by atoms with Crippen LogP contribution < -0.4 is 4.74 Å². The van der Waals surface area contributed by atoms with Crippen molar-refractivity contribution in [3.05, 3.63) is 63.7 Å². The van der Waals surface area contributed by atoms with Gasteiger partial charge in [0.25, 0.3) is 0 Å². The highest BCUT2D eigenvalue weighted by molar-refractivity contribution is 6.31. The van der Waals surface area contributed by atoms with E-state index >= 15 is 0 Å². The van der Waals surface area contributed by atoms with Crippen LogP contribution in [0.3, 0.4) is 0 Å². The summed E-state index contributed by atoms with van der Waals surface area (Å²) in [6, 6.07) is 10.8. The average Bonchev–Trinajstić information content (AvgIpc) is 2.42. The summed E-state index contributed by atoms with van der Waals surface area (Å²) in [5, 5.41) is 0.684. The van der Waals surface area contributed by atoms with Crippen LogP contribution in [0.15, 0.2) is 36.4 Å². The Labute approximate surface area is 118 Å². The van der Waals surface area contributed by atoms with Gasteiger partial charge in [0.15, 0.2) is 5.78 Å². The van der Waals surface area contributed by atoms with Crippen molar-refractivity contribution in [3.63, 3.8) is 0 Å². The zero-order valence-electron chi connectivity index (χ0n) is 11.2. The van der Waals surface area contributed by atoms with Gasteiger partial charge in [0, 0.05) is 16.1 Å². The lowest BCUT2D eigenvalue weighted by Crippen LogP contribution is -2.04. The first kappa shape index (κ1) is 13.6. The van der Waals surface area contributed by atoms with Crippen molar-refractivity contribution in [1.82, 2.24) is 0 Å². The summed E-state index contributed by atoms with van der Waals surface area (Å²) in [7, 11) is 1.60. The number of hydrogen-bond acceptors (Lipinski definition) is 2. The minimum atomic E-state index is -0.0000743. The van der Waals surface area contributed by atoms with Gasteiger partial charge in [-0.25, -0.2) is 0 Å². The number of carbonyl (C=O) groups excluding carboxylic acids is 1. The molecular formula is C16H15ClO2. The van der Waals surface area contributed by atoms with Crippen LogP contribution in [0.4, 0.5) is 0 Å². The number of ketones is 1. The van der Waals surface area contributed by atoms with E-state index in [9.17, 15) is 4.79 Å². The second-order valence-corrected chi connectivity index (χ2v) is 4.88. The number of aryl methyl sites for hydroxylation is 2. The molecule has 0 fully saturated rings. The van der Waals surface area contributed by atoms with Crippen molar-refractivity contribution < 1.29 is 9.53 Å². The fraction of sp³-hybridized carbons (Fsp3) is 0.188. The van der Waals surface area contributed by atoms with Crippen LogP contribution in [-0.2, 0) is 0 Å². The summed E-state index contributed by atoms with van der Waals surface area (Å²) in [4.78, 5) is 12.4. The van der Waals surface area contributed by atoms with Crippen LogP contribution in [0, 0.1) is 13.8 Å². The maximum absolute atomic E-state index is 12.4. The van der Waals surface area contributed by atoms with E-state index in [4.69, 9.17) is 16.3 Å². The lowest BCUT2D eigenvalue weighted by molar-refractivity contribution is 0.103. The van der Waals surface area contributed by atoms with Gasteiger partial charge in [-0.15, -0.1) is 0 Å². The maximum Gasteiger partial charge on any atom is 0.193 e. The molecule has 3 heteroatoms. The Bertz CT molecular complexity index is 615. The molecule has 19 heavy (non-hydrogen) atoms. The van der Waals surface area contributed by atoms with Gasteiger partial charge in [0.05, 0.1) is 7.11 Å². The minimum Gasteiger partial charge on any atom is -0.497 e. The predicted molar refractivity (Wildman–Crippen MR) is 77.4 cm³/mol. The van der Waals surface area contributed by atoms with Gasteiger partial charge in [0.1, 0.15) is 5.75 Å². The van der Waals surface area contributed by atoms with E-state index in [1.54, 1.807) is 31.4 Å². The molecule has 0 atom stereocenters. The topological polar surface area (TPSA) is 26.3 Å². The summed E-state index contributed by atoms with van der Waals surface area (Å²) in [5.41, 5.74) is 3.12. The van der Waals surface area contributed by atoms with E-state index < -0.39 is 0 Å². The maximum atomic E-state index is 12.4. The van der Waals surface area contributed by atoms with Gasteiger partial charge < -0.3 is 4.74 Å². The Morgan fingerprint density at radius 2 is 1.68 bits per heavy atom. The largest absolute Gasteiger partial charge is 0.497 e. The summed E-state index contributed by atoms with van der Waals surface area (Å²) in [5.74, 6) is 0.737. The molecule has 2 rings (SSSR count). The Hall–Kier alpha value is -1.80. The molecule has 2 nitrogen and oxygen atoms in total. The third-order valence-corrected chi connectivity index (χ3v) is 3.51. The van der Waals surface area contributed by atoms with Crippen molar-refractivity contribution in [2.75, 3.05) is 7.11 Å². The Morgan fingerprint density at radius 1 is 1.05 bits per heavy atom. The van der Waals surface area contributed by atoms with Crippen LogP contribution in [0.2, 0.25) is 5.02 Å². The zero-order valence-corrected chi connectivity index (χ0v) is 11.9. The Kier molecular flexibility index (Phi) is 3.91. The van der Waals surface area contributed by atoms with Crippen molar-refractivity contribution in [3.8, 4) is 5.75 Å². The highest BCUT2D eigenvalue weighted by Crippen LogP contribution is 2.23. The molecule has 0 saturated heterocycles. The number of rotatable bonds is 3. The highest BCUT2D eigenvalue weighted by Gasteiger charge is 2.13.